The molecule has 2 unspecified atom stereocenters. The fourth-order valence-electron chi connectivity index (χ4n) is 2.97. The second-order valence-electron chi connectivity index (χ2n) is 4.69. The maximum absolute atomic E-state index is 11.8. The molecule has 2 aliphatic rings. The minimum atomic E-state index is -0.684. The lowest BCUT2D eigenvalue weighted by Crippen LogP contribution is -2.47. The molecule has 3 rings (SSSR count). The molecule has 0 radical (unpaired) electrons. The third-order valence-electron chi connectivity index (χ3n) is 3.91. The number of rotatable bonds is 1. The Morgan fingerprint density at radius 3 is 3.00 bits per heavy atom. The van der Waals surface area contributed by atoms with Crippen molar-refractivity contribution in [2.75, 3.05) is 5.75 Å². The molecule has 0 saturated heterocycles. The SMILES string of the molecule is O=C(O)C12CC=CCC1CSc1ccccc12. The lowest BCUT2D eigenvalue weighted by Gasteiger charge is -2.43. The quantitative estimate of drug-likeness (QED) is 0.774. The summed E-state index contributed by atoms with van der Waals surface area (Å²) in [7, 11) is 0. The molecule has 88 valence electrons. The molecule has 2 nitrogen and oxygen atoms in total. The van der Waals surface area contributed by atoms with Gasteiger partial charge in [-0.05, 0) is 30.4 Å². The Hall–Kier alpha value is -1.22. The van der Waals surface area contributed by atoms with Gasteiger partial charge in [0, 0.05) is 10.6 Å². The summed E-state index contributed by atoms with van der Waals surface area (Å²) < 4.78 is 0. The second kappa shape index (κ2) is 3.91. The van der Waals surface area contributed by atoms with Crippen molar-refractivity contribution in [2.45, 2.75) is 23.2 Å². The predicted octanol–water partition coefficient (Wildman–Crippen LogP) is 3.08. The Morgan fingerprint density at radius 2 is 2.18 bits per heavy atom. The van der Waals surface area contributed by atoms with Crippen molar-refractivity contribution >= 4 is 17.7 Å². The normalized spacial score (nSPS) is 30.5. The monoisotopic (exact) mass is 246 g/mol. The van der Waals surface area contributed by atoms with Crippen LogP contribution in [0.3, 0.4) is 0 Å². The molecule has 3 heteroatoms. The molecule has 1 aromatic carbocycles. The molecule has 1 N–H and O–H groups in total. The van der Waals surface area contributed by atoms with Gasteiger partial charge in [-0.25, -0.2) is 0 Å². The largest absolute Gasteiger partial charge is 0.481 e. The fourth-order valence-corrected chi connectivity index (χ4v) is 4.35. The first kappa shape index (κ1) is 10.9. The van der Waals surface area contributed by atoms with Crippen LogP contribution in [0, 0.1) is 5.92 Å². The zero-order valence-corrected chi connectivity index (χ0v) is 10.2. The molecule has 0 aromatic heterocycles. The molecule has 0 amide bonds. The highest BCUT2D eigenvalue weighted by Gasteiger charge is 2.50. The van der Waals surface area contributed by atoms with Gasteiger partial charge in [0.05, 0.1) is 0 Å². The second-order valence-corrected chi connectivity index (χ2v) is 5.75. The minimum absolute atomic E-state index is 0.227. The molecule has 0 saturated carbocycles. The highest BCUT2D eigenvalue weighted by atomic mass is 32.2. The van der Waals surface area contributed by atoms with E-state index in [0.717, 1.165) is 22.6 Å². The van der Waals surface area contributed by atoms with E-state index in [1.54, 1.807) is 11.8 Å². The number of carboxylic acid groups (broad SMARTS) is 1. The number of hydrogen-bond acceptors (Lipinski definition) is 2. The summed E-state index contributed by atoms with van der Waals surface area (Å²) in [6, 6.07) is 7.96. The van der Waals surface area contributed by atoms with E-state index < -0.39 is 11.4 Å². The summed E-state index contributed by atoms with van der Waals surface area (Å²) in [6.45, 7) is 0. The number of fused-ring (bicyclic) bond motifs is 3. The van der Waals surface area contributed by atoms with Crippen molar-refractivity contribution in [1.82, 2.24) is 0 Å². The Bertz CT molecular complexity index is 495. The van der Waals surface area contributed by atoms with Crippen molar-refractivity contribution in [1.29, 1.82) is 0 Å². The van der Waals surface area contributed by atoms with E-state index in [2.05, 4.69) is 6.08 Å². The van der Waals surface area contributed by atoms with Crippen LogP contribution < -0.4 is 0 Å². The maximum atomic E-state index is 11.8. The van der Waals surface area contributed by atoms with Crippen LogP contribution in [0.2, 0.25) is 0 Å². The first-order valence-electron chi connectivity index (χ1n) is 5.86. The number of aliphatic carboxylic acids is 1. The van der Waals surface area contributed by atoms with E-state index in [0.29, 0.717) is 6.42 Å². The summed E-state index contributed by atoms with van der Waals surface area (Å²) in [5, 5.41) is 9.73. The van der Waals surface area contributed by atoms with Gasteiger partial charge in [0.1, 0.15) is 5.41 Å². The Kier molecular flexibility index (Phi) is 2.51. The van der Waals surface area contributed by atoms with Gasteiger partial charge in [0.2, 0.25) is 0 Å². The summed E-state index contributed by atoms with van der Waals surface area (Å²) in [5.41, 5.74) is 0.328. The van der Waals surface area contributed by atoms with E-state index in [4.69, 9.17) is 0 Å². The molecule has 1 aliphatic heterocycles. The smallest absolute Gasteiger partial charge is 0.314 e. The van der Waals surface area contributed by atoms with Gasteiger partial charge in [-0.1, -0.05) is 30.4 Å². The van der Waals surface area contributed by atoms with E-state index in [-0.39, 0.29) is 5.92 Å². The van der Waals surface area contributed by atoms with Crippen LogP contribution in [-0.2, 0) is 10.2 Å². The first-order chi connectivity index (χ1) is 8.25. The molecule has 1 heterocycles. The van der Waals surface area contributed by atoms with Crippen molar-refractivity contribution in [3.05, 3.63) is 42.0 Å². The number of hydrogen-bond donors (Lipinski definition) is 1. The van der Waals surface area contributed by atoms with Gasteiger partial charge >= 0.3 is 5.97 Å². The van der Waals surface area contributed by atoms with E-state index in [1.165, 1.54) is 0 Å². The van der Waals surface area contributed by atoms with E-state index >= 15 is 0 Å². The summed E-state index contributed by atoms with van der Waals surface area (Å²) in [5.74, 6) is 0.470. The molecule has 0 bridgehead atoms. The average Bonchev–Trinajstić information content (AvgIpc) is 2.38. The fraction of sp³-hybridized carbons (Fsp3) is 0.357. The lowest BCUT2D eigenvalue weighted by atomic mass is 9.65. The van der Waals surface area contributed by atoms with Crippen molar-refractivity contribution in [3.63, 3.8) is 0 Å². The van der Waals surface area contributed by atoms with Crippen LogP contribution in [0.25, 0.3) is 0 Å². The summed E-state index contributed by atoms with van der Waals surface area (Å²) >= 11 is 1.79. The molecule has 1 aliphatic carbocycles. The van der Waals surface area contributed by atoms with Crippen molar-refractivity contribution < 1.29 is 9.90 Å². The lowest BCUT2D eigenvalue weighted by molar-refractivity contribution is -0.146. The van der Waals surface area contributed by atoms with Crippen LogP contribution in [0.5, 0.6) is 0 Å². The third-order valence-corrected chi connectivity index (χ3v) is 5.15. The Balaban J connectivity index is 2.22. The van der Waals surface area contributed by atoms with Gasteiger partial charge in [0.25, 0.3) is 0 Å². The molecule has 0 fully saturated rings. The highest BCUT2D eigenvalue weighted by molar-refractivity contribution is 7.99. The first-order valence-corrected chi connectivity index (χ1v) is 6.84. The average molecular weight is 246 g/mol. The molecule has 1 aromatic rings. The number of carbonyl (C=O) groups is 1. The van der Waals surface area contributed by atoms with Crippen LogP contribution >= 0.6 is 11.8 Å². The van der Waals surface area contributed by atoms with Crippen molar-refractivity contribution in [2.24, 2.45) is 5.92 Å². The van der Waals surface area contributed by atoms with Crippen LogP contribution in [0.15, 0.2) is 41.3 Å². The molecule has 0 spiro atoms. The number of benzene rings is 1. The molecular formula is C14H14O2S. The zero-order valence-electron chi connectivity index (χ0n) is 9.43. The number of carboxylic acids is 1. The topological polar surface area (TPSA) is 37.3 Å². The van der Waals surface area contributed by atoms with Gasteiger partial charge in [-0.3, -0.25) is 4.79 Å². The van der Waals surface area contributed by atoms with Gasteiger partial charge in [-0.15, -0.1) is 11.8 Å². The third kappa shape index (κ3) is 1.45. The number of thioether (sulfide) groups is 1. The van der Waals surface area contributed by atoms with Crippen molar-refractivity contribution in [3.8, 4) is 0 Å². The van der Waals surface area contributed by atoms with E-state index in [1.807, 2.05) is 30.3 Å². The molecule has 2 atom stereocenters. The Labute approximate surface area is 105 Å². The van der Waals surface area contributed by atoms with Crippen LogP contribution in [0.4, 0.5) is 0 Å². The van der Waals surface area contributed by atoms with Gasteiger partial charge in [-0.2, -0.15) is 0 Å². The number of allylic oxidation sites excluding steroid dienone is 2. The Morgan fingerprint density at radius 1 is 1.35 bits per heavy atom. The maximum Gasteiger partial charge on any atom is 0.314 e. The van der Waals surface area contributed by atoms with Gasteiger partial charge < -0.3 is 5.11 Å². The van der Waals surface area contributed by atoms with E-state index in [9.17, 15) is 9.90 Å². The molecular weight excluding hydrogens is 232 g/mol. The summed E-state index contributed by atoms with van der Waals surface area (Å²) in [4.78, 5) is 13.0. The van der Waals surface area contributed by atoms with Gasteiger partial charge in [0.15, 0.2) is 0 Å². The predicted molar refractivity (Wildman–Crippen MR) is 68.3 cm³/mol. The minimum Gasteiger partial charge on any atom is -0.481 e. The highest BCUT2D eigenvalue weighted by Crippen LogP contribution is 2.50. The molecule has 17 heavy (non-hydrogen) atoms. The van der Waals surface area contributed by atoms with Crippen LogP contribution in [0.1, 0.15) is 18.4 Å². The summed E-state index contributed by atoms with van der Waals surface area (Å²) in [6.07, 6.45) is 5.66. The standard InChI is InChI=1S/C14H14O2S/c15-13(16)14-8-4-3-5-10(14)9-17-12-7-2-1-6-11(12)14/h1-4,6-7,10H,5,8-9H2,(H,15,16). The zero-order chi connectivity index (χ0) is 11.9. The van der Waals surface area contributed by atoms with Crippen LogP contribution in [-0.4, -0.2) is 16.8 Å².